The maximum Gasteiger partial charge on any atom is 0.253 e. The number of hydrogen-bond acceptors (Lipinski definition) is 3. The zero-order chi connectivity index (χ0) is 21.5. The highest BCUT2D eigenvalue weighted by Gasteiger charge is 2.20. The van der Waals surface area contributed by atoms with Gasteiger partial charge in [-0.25, -0.2) is 0 Å². The van der Waals surface area contributed by atoms with Crippen LogP contribution in [0.25, 0.3) is 0 Å². The molecule has 4 heteroatoms. The molecule has 158 valence electrons. The highest BCUT2D eigenvalue weighted by atomic mass is 16.5. The van der Waals surface area contributed by atoms with Gasteiger partial charge in [0.15, 0.2) is 0 Å². The van der Waals surface area contributed by atoms with Crippen LogP contribution in [0.1, 0.15) is 76.0 Å². The van der Waals surface area contributed by atoms with Crippen molar-refractivity contribution in [2.75, 3.05) is 13.1 Å². The van der Waals surface area contributed by atoms with Gasteiger partial charge >= 0.3 is 0 Å². The van der Waals surface area contributed by atoms with Gasteiger partial charge in [-0.1, -0.05) is 39.0 Å². The Hall–Kier alpha value is -2.20. The van der Waals surface area contributed by atoms with Crippen molar-refractivity contribution in [1.29, 1.82) is 0 Å². The lowest BCUT2D eigenvalue weighted by Gasteiger charge is -2.20. The lowest BCUT2D eigenvalue weighted by atomic mass is 9.86. The van der Waals surface area contributed by atoms with Crippen molar-refractivity contribution in [3.05, 3.63) is 65.5 Å². The number of carbonyl (C=O) groups is 1. The van der Waals surface area contributed by atoms with E-state index in [9.17, 15) is 4.79 Å². The fourth-order valence-electron chi connectivity index (χ4n) is 2.99. The Morgan fingerprint density at radius 2 is 1.59 bits per heavy atom. The summed E-state index contributed by atoms with van der Waals surface area (Å²) in [6, 6.07) is 13.9. The Labute approximate surface area is 176 Å². The summed E-state index contributed by atoms with van der Waals surface area (Å²) in [6.07, 6.45) is 4.07. The summed E-state index contributed by atoms with van der Waals surface area (Å²) in [5.74, 6) is 0.183. The van der Waals surface area contributed by atoms with Gasteiger partial charge in [0, 0.05) is 24.8 Å². The van der Waals surface area contributed by atoms with Crippen molar-refractivity contribution in [1.82, 2.24) is 9.88 Å². The van der Waals surface area contributed by atoms with Gasteiger partial charge in [-0.15, -0.1) is 0 Å². The van der Waals surface area contributed by atoms with Gasteiger partial charge in [0.2, 0.25) is 0 Å². The quantitative estimate of drug-likeness (QED) is 0.676. The Morgan fingerprint density at radius 1 is 0.966 bits per heavy atom. The molecule has 0 bridgehead atoms. The van der Waals surface area contributed by atoms with Crippen molar-refractivity contribution < 1.29 is 9.53 Å². The molecule has 1 fully saturated rings. The predicted molar refractivity (Wildman–Crippen MR) is 119 cm³/mol. The van der Waals surface area contributed by atoms with Crippen molar-refractivity contribution in [2.24, 2.45) is 0 Å². The molecule has 0 unspecified atom stereocenters. The molecule has 0 atom stereocenters. The molecule has 1 saturated heterocycles. The molecule has 3 rings (SSSR count). The summed E-state index contributed by atoms with van der Waals surface area (Å²) in [5.41, 5.74) is 3.13. The molecule has 4 nitrogen and oxygen atoms in total. The molecule has 0 aliphatic carbocycles. The highest BCUT2D eigenvalue weighted by molar-refractivity contribution is 5.94. The molecule has 1 aliphatic heterocycles. The van der Waals surface area contributed by atoms with Gasteiger partial charge in [-0.2, -0.15) is 0 Å². The lowest BCUT2D eigenvalue weighted by Crippen LogP contribution is -2.27. The van der Waals surface area contributed by atoms with E-state index < -0.39 is 0 Å². The Bertz CT molecular complexity index is 750. The monoisotopic (exact) mass is 396 g/mol. The second-order valence-corrected chi connectivity index (χ2v) is 9.55. The van der Waals surface area contributed by atoms with Crippen LogP contribution in [0.15, 0.2) is 48.7 Å². The molecule has 29 heavy (non-hydrogen) atoms. The van der Waals surface area contributed by atoms with Gasteiger partial charge in [0.05, 0.1) is 17.9 Å². The van der Waals surface area contributed by atoms with Gasteiger partial charge in [-0.05, 0) is 68.9 Å². The summed E-state index contributed by atoms with van der Waals surface area (Å²) in [4.78, 5) is 18.2. The number of carbonyl (C=O) groups excluding carboxylic acids is 1. The van der Waals surface area contributed by atoms with Crippen LogP contribution in [-0.2, 0) is 16.8 Å². The average molecular weight is 397 g/mol. The fraction of sp³-hybridized carbons (Fsp3) is 0.520. The van der Waals surface area contributed by atoms with Crippen molar-refractivity contribution >= 4 is 5.91 Å². The van der Waals surface area contributed by atoms with E-state index in [0.29, 0.717) is 6.61 Å². The van der Waals surface area contributed by atoms with E-state index in [4.69, 9.17) is 4.74 Å². The molecule has 0 radical (unpaired) electrons. The molecule has 2 heterocycles. The number of aromatic nitrogens is 1. The SMILES string of the molecule is CC(C)(C)OCc1ccccn1.CC(C)(C)c1ccc(C(=O)N2CCCC2)cc1. The first-order chi connectivity index (χ1) is 13.6. The number of pyridine rings is 1. The minimum Gasteiger partial charge on any atom is -0.370 e. The van der Waals surface area contributed by atoms with Crippen LogP contribution in [-0.4, -0.2) is 34.5 Å². The van der Waals surface area contributed by atoms with E-state index in [-0.39, 0.29) is 16.9 Å². The third-order valence-corrected chi connectivity index (χ3v) is 4.77. The van der Waals surface area contributed by atoms with Crippen molar-refractivity contribution in [3.8, 4) is 0 Å². The van der Waals surface area contributed by atoms with E-state index in [1.807, 2.05) is 56.0 Å². The fourth-order valence-corrected chi connectivity index (χ4v) is 2.99. The van der Waals surface area contributed by atoms with Crippen LogP contribution in [0.5, 0.6) is 0 Å². The highest BCUT2D eigenvalue weighted by Crippen LogP contribution is 2.23. The molecule has 1 aromatic carbocycles. The molecule has 1 aliphatic rings. The first-order valence-electron chi connectivity index (χ1n) is 10.5. The van der Waals surface area contributed by atoms with E-state index in [1.165, 1.54) is 5.56 Å². The number of hydrogen-bond donors (Lipinski definition) is 0. The van der Waals surface area contributed by atoms with Crippen LogP contribution in [0, 0.1) is 0 Å². The predicted octanol–water partition coefficient (Wildman–Crippen LogP) is 5.62. The average Bonchev–Trinajstić information content (AvgIpc) is 3.21. The third kappa shape index (κ3) is 7.98. The van der Waals surface area contributed by atoms with Gasteiger partial charge < -0.3 is 9.64 Å². The van der Waals surface area contributed by atoms with Crippen LogP contribution in [0.2, 0.25) is 0 Å². The molecule has 2 aromatic rings. The number of benzene rings is 1. The molecule has 0 N–H and O–H groups in total. The molecule has 1 aromatic heterocycles. The maximum absolute atomic E-state index is 12.1. The summed E-state index contributed by atoms with van der Waals surface area (Å²) < 4.78 is 5.55. The van der Waals surface area contributed by atoms with E-state index in [0.717, 1.165) is 37.2 Å². The first kappa shape index (κ1) is 23.1. The zero-order valence-corrected chi connectivity index (χ0v) is 18.9. The largest absolute Gasteiger partial charge is 0.370 e. The number of amides is 1. The second kappa shape index (κ2) is 10.0. The number of likely N-dealkylation sites (tertiary alicyclic amines) is 1. The van der Waals surface area contributed by atoms with Crippen LogP contribution in [0.4, 0.5) is 0 Å². The summed E-state index contributed by atoms with van der Waals surface area (Å²) in [5, 5.41) is 0. The number of rotatable bonds is 3. The normalized spacial score (nSPS) is 14.3. The summed E-state index contributed by atoms with van der Waals surface area (Å²) in [7, 11) is 0. The Morgan fingerprint density at radius 3 is 2.07 bits per heavy atom. The lowest BCUT2D eigenvalue weighted by molar-refractivity contribution is -0.0164. The van der Waals surface area contributed by atoms with E-state index in [2.05, 4.69) is 37.9 Å². The standard InChI is InChI=1S/C15H21NO.C10H15NO/c1-15(2,3)13-8-6-12(7-9-13)14(17)16-10-4-5-11-16;1-10(2,3)12-8-9-6-4-5-7-11-9/h6-9H,4-5,10-11H2,1-3H3;4-7H,8H2,1-3H3. The third-order valence-electron chi connectivity index (χ3n) is 4.77. The number of ether oxygens (including phenoxy) is 1. The van der Waals surface area contributed by atoms with Crippen LogP contribution >= 0.6 is 0 Å². The van der Waals surface area contributed by atoms with Crippen LogP contribution < -0.4 is 0 Å². The molecular weight excluding hydrogens is 360 g/mol. The van der Waals surface area contributed by atoms with Gasteiger partial charge in [-0.3, -0.25) is 9.78 Å². The Kier molecular flexibility index (Phi) is 7.97. The summed E-state index contributed by atoms with van der Waals surface area (Å²) in [6.45, 7) is 15.1. The smallest absolute Gasteiger partial charge is 0.253 e. The maximum atomic E-state index is 12.1. The van der Waals surface area contributed by atoms with Crippen molar-refractivity contribution in [2.45, 2.75) is 72.0 Å². The molecule has 0 spiro atoms. The molecular formula is C25H36N2O2. The van der Waals surface area contributed by atoms with Crippen molar-refractivity contribution in [3.63, 3.8) is 0 Å². The minimum atomic E-state index is -0.0858. The molecule has 0 saturated carbocycles. The topological polar surface area (TPSA) is 42.4 Å². The van der Waals surface area contributed by atoms with Gasteiger partial charge in [0.1, 0.15) is 0 Å². The van der Waals surface area contributed by atoms with E-state index >= 15 is 0 Å². The van der Waals surface area contributed by atoms with Gasteiger partial charge in [0.25, 0.3) is 5.91 Å². The van der Waals surface area contributed by atoms with E-state index in [1.54, 1.807) is 6.20 Å². The minimum absolute atomic E-state index is 0.0858. The first-order valence-corrected chi connectivity index (χ1v) is 10.5. The summed E-state index contributed by atoms with van der Waals surface area (Å²) >= 11 is 0. The zero-order valence-electron chi connectivity index (χ0n) is 18.9. The van der Waals surface area contributed by atoms with Crippen LogP contribution in [0.3, 0.4) is 0 Å². The Balaban J connectivity index is 0.000000221. The molecule has 1 amide bonds. The number of nitrogens with zero attached hydrogens (tertiary/aromatic N) is 2. The second-order valence-electron chi connectivity index (χ2n) is 9.55.